The molecule has 0 radical (unpaired) electrons. The molecule has 1 aromatic carbocycles. The minimum atomic E-state index is -0.978. The van der Waals surface area contributed by atoms with Crippen molar-refractivity contribution in [3.8, 4) is 11.5 Å². The zero-order chi connectivity index (χ0) is 15.8. The minimum Gasteiger partial charge on any atom is -0.493 e. The summed E-state index contributed by atoms with van der Waals surface area (Å²) in [4.78, 5) is 0. The maximum absolute atomic E-state index is 9.33. The first-order valence-electron chi connectivity index (χ1n) is 7.90. The molecular weight excluding hydrogens is 280 g/mol. The van der Waals surface area contributed by atoms with Crippen LogP contribution in [0.4, 0.5) is 0 Å². The van der Waals surface area contributed by atoms with Gasteiger partial charge in [-0.25, -0.2) is 0 Å². The van der Waals surface area contributed by atoms with Crippen molar-refractivity contribution in [2.24, 2.45) is 11.8 Å². The Labute approximate surface area is 132 Å². The average Bonchev–Trinajstić information content (AvgIpc) is 2.56. The van der Waals surface area contributed by atoms with Crippen LogP contribution in [0.25, 0.3) is 0 Å². The van der Waals surface area contributed by atoms with Crippen molar-refractivity contribution in [1.29, 1.82) is 0 Å². The third kappa shape index (κ3) is 5.35. The lowest BCUT2D eigenvalue weighted by atomic mass is 9.83. The van der Waals surface area contributed by atoms with Gasteiger partial charge in [0.25, 0.3) is 0 Å². The number of benzene rings is 1. The van der Waals surface area contributed by atoms with Crippen molar-refractivity contribution < 1.29 is 19.3 Å². The lowest BCUT2D eigenvalue weighted by Gasteiger charge is -2.27. The Bertz CT molecular complexity index is 435. The van der Waals surface area contributed by atoms with E-state index in [1.807, 2.05) is 12.1 Å². The molecule has 0 spiro atoms. The summed E-state index contributed by atoms with van der Waals surface area (Å²) in [5.41, 5.74) is 0. The smallest absolute Gasteiger partial charge is 0.216 e. The Kier molecular flexibility index (Phi) is 6.74. The number of hydrogen-bond donors (Lipinski definition) is 1. The second kappa shape index (κ2) is 8.81. The quantitative estimate of drug-likeness (QED) is 0.591. The van der Waals surface area contributed by atoms with Crippen molar-refractivity contribution in [2.45, 2.75) is 32.0 Å². The maximum atomic E-state index is 9.33. The Morgan fingerprint density at radius 3 is 2.18 bits per heavy atom. The van der Waals surface area contributed by atoms with E-state index in [1.54, 1.807) is 19.2 Å². The fraction of sp³-hybridized carbons (Fsp3) is 0.556. The van der Waals surface area contributed by atoms with E-state index in [2.05, 4.69) is 6.58 Å². The standard InChI is InChI=1S/C18H26O4/c1-3-18(19)22-17-10-8-16(9-11-17)21-13-15-6-4-14(5-7-15)12-20-2/h3,8-11,14-15,18-19H,1,4-7,12-13H2,2H3. The molecule has 4 heteroatoms. The van der Waals surface area contributed by atoms with Crippen molar-refractivity contribution >= 4 is 0 Å². The lowest BCUT2D eigenvalue weighted by molar-refractivity contribution is 0.0250. The van der Waals surface area contributed by atoms with E-state index in [9.17, 15) is 5.11 Å². The molecule has 0 aromatic heterocycles. The Hall–Kier alpha value is -1.52. The van der Waals surface area contributed by atoms with E-state index in [-0.39, 0.29) is 0 Å². The van der Waals surface area contributed by atoms with Crippen LogP contribution in [0.1, 0.15) is 25.7 Å². The molecular formula is C18H26O4. The molecule has 2 rings (SSSR count). The van der Waals surface area contributed by atoms with Crippen molar-refractivity contribution in [3.63, 3.8) is 0 Å². The maximum Gasteiger partial charge on any atom is 0.216 e. The molecule has 0 aliphatic heterocycles. The molecule has 122 valence electrons. The summed E-state index contributed by atoms with van der Waals surface area (Å²) in [5, 5.41) is 9.33. The summed E-state index contributed by atoms with van der Waals surface area (Å²) in [6, 6.07) is 7.30. The van der Waals surface area contributed by atoms with Gasteiger partial charge in [-0.15, -0.1) is 0 Å². The monoisotopic (exact) mass is 306 g/mol. The van der Waals surface area contributed by atoms with Crippen LogP contribution < -0.4 is 9.47 Å². The highest BCUT2D eigenvalue weighted by Gasteiger charge is 2.21. The molecule has 22 heavy (non-hydrogen) atoms. The summed E-state index contributed by atoms with van der Waals surface area (Å²) in [7, 11) is 1.77. The summed E-state index contributed by atoms with van der Waals surface area (Å²) in [6.07, 6.45) is 5.24. The minimum absolute atomic E-state index is 0.597. The van der Waals surface area contributed by atoms with Crippen LogP contribution in [-0.4, -0.2) is 31.7 Å². The van der Waals surface area contributed by atoms with Gasteiger partial charge in [0.05, 0.1) is 6.61 Å². The summed E-state index contributed by atoms with van der Waals surface area (Å²) in [5.74, 6) is 2.78. The molecule has 1 aromatic rings. The second-order valence-corrected chi connectivity index (χ2v) is 5.87. The zero-order valence-corrected chi connectivity index (χ0v) is 13.2. The van der Waals surface area contributed by atoms with Crippen LogP contribution in [0.3, 0.4) is 0 Å². The van der Waals surface area contributed by atoms with Crippen molar-refractivity contribution in [2.75, 3.05) is 20.3 Å². The lowest BCUT2D eigenvalue weighted by Crippen LogP contribution is -2.22. The first-order valence-corrected chi connectivity index (χ1v) is 7.90. The highest BCUT2D eigenvalue weighted by Crippen LogP contribution is 2.29. The highest BCUT2D eigenvalue weighted by molar-refractivity contribution is 5.31. The molecule has 0 bridgehead atoms. The van der Waals surface area contributed by atoms with E-state index < -0.39 is 6.29 Å². The van der Waals surface area contributed by atoms with E-state index in [0.717, 1.165) is 19.0 Å². The van der Waals surface area contributed by atoms with Crippen LogP contribution in [0.15, 0.2) is 36.9 Å². The number of rotatable bonds is 8. The van der Waals surface area contributed by atoms with Crippen LogP contribution in [0.2, 0.25) is 0 Å². The molecule has 1 atom stereocenters. The van der Waals surface area contributed by atoms with E-state index >= 15 is 0 Å². The van der Waals surface area contributed by atoms with Crippen LogP contribution in [-0.2, 0) is 4.74 Å². The van der Waals surface area contributed by atoms with Gasteiger partial charge in [-0.3, -0.25) is 0 Å². The molecule has 1 fully saturated rings. The molecule has 0 heterocycles. The van der Waals surface area contributed by atoms with Crippen molar-refractivity contribution in [1.82, 2.24) is 0 Å². The molecule has 1 N–H and O–H groups in total. The molecule has 1 unspecified atom stereocenters. The topological polar surface area (TPSA) is 47.9 Å². The molecule has 0 amide bonds. The third-order valence-electron chi connectivity index (χ3n) is 4.14. The van der Waals surface area contributed by atoms with E-state index in [4.69, 9.17) is 14.2 Å². The van der Waals surface area contributed by atoms with E-state index in [1.165, 1.54) is 31.8 Å². The molecule has 1 saturated carbocycles. The molecule has 4 nitrogen and oxygen atoms in total. The SMILES string of the molecule is C=CC(O)Oc1ccc(OCC2CCC(COC)CC2)cc1. The Morgan fingerprint density at radius 2 is 1.64 bits per heavy atom. The zero-order valence-electron chi connectivity index (χ0n) is 13.2. The summed E-state index contributed by atoms with van der Waals surface area (Å²) < 4.78 is 16.3. The largest absolute Gasteiger partial charge is 0.493 e. The van der Waals surface area contributed by atoms with Gasteiger partial charge in [0.15, 0.2) is 0 Å². The fourth-order valence-corrected chi connectivity index (χ4v) is 2.82. The van der Waals surface area contributed by atoms with Gasteiger partial charge >= 0.3 is 0 Å². The summed E-state index contributed by atoms with van der Waals surface area (Å²) >= 11 is 0. The Morgan fingerprint density at radius 1 is 1.09 bits per heavy atom. The number of hydrogen-bond acceptors (Lipinski definition) is 4. The first kappa shape index (κ1) is 16.8. The second-order valence-electron chi connectivity index (χ2n) is 5.87. The molecule has 1 aliphatic rings. The van der Waals surface area contributed by atoms with E-state index in [0.29, 0.717) is 17.6 Å². The number of aliphatic hydroxyl groups is 1. The normalized spacial score (nSPS) is 22.8. The van der Waals surface area contributed by atoms with Gasteiger partial charge in [-0.05, 0) is 67.9 Å². The van der Waals surface area contributed by atoms with Crippen LogP contribution in [0, 0.1) is 11.8 Å². The van der Waals surface area contributed by atoms with Gasteiger partial charge in [-0.1, -0.05) is 6.58 Å². The average molecular weight is 306 g/mol. The van der Waals surface area contributed by atoms with Crippen molar-refractivity contribution in [3.05, 3.63) is 36.9 Å². The highest BCUT2D eigenvalue weighted by atomic mass is 16.6. The van der Waals surface area contributed by atoms with Gasteiger partial charge in [0.1, 0.15) is 11.5 Å². The predicted octanol–water partition coefficient (Wildman–Crippen LogP) is 3.40. The predicted molar refractivity (Wildman–Crippen MR) is 86.1 cm³/mol. The van der Waals surface area contributed by atoms with Gasteiger partial charge in [0, 0.05) is 13.7 Å². The van der Waals surface area contributed by atoms with Gasteiger partial charge in [0.2, 0.25) is 6.29 Å². The van der Waals surface area contributed by atoms with Crippen LogP contribution >= 0.6 is 0 Å². The number of ether oxygens (including phenoxy) is 3. The molecule has 1 aliphatic carbocycles. The number of aliphatic hydroxyl groups excluding tert-OH is 1. The summed E-state index contributed by atoms with van der Waals surface area (Å²) in [6.45, 7) is 5.10. The van der Waals surface area contributed by atoms with Crippen LogP contribution in [0.5, 0.6) is 11.5 Å². The first-order chi connectivity index (χ1) is 10.7. The fourth-order valence-electron chi connectivity index (χ4n) is 2.82. The molecule has 0 saturated heterocycles. The van der Waals surface area contributed by atoms with Gasteiger partial charge < -0.3 is 19.3 Å². The Balaban J connectivity index is 1.72. The number of methoxy groups -OCH3 is 1. The van der Waals surface area contributed by atoms with Gasteiger partial charge in [-0.2, -0.15) is 0 Å². The third-order valence-corrected chi connectivity index (χ3v) is 4.14.